The number of amides is 1. The zero-order valence-corrected chi connectivity index (χ0v) is 16.6. The molecule has 8 heteroatoms. The highest BCUT2D eigenvalue weighted by atomic mass is 32.2. The second kappa shape index (κ2) is 8.53. The Balaban J connectivity index is 2.71. The van der Waals surface area contributed by atoms with E-state index < -0.39 is 9.84 Å². The van der Waals surface area contributed by atoms with Gasteiger partial charge in [-0.25, -0.2) is 8.42 Å². The minimum atomic E-state index is -3.59. The first-order chi connectivity index (χ1) is 11.5. The summed E-state index contributed by atoms with van der Waals surface area (Å²) < 4.78 is 35.1. The van der Waals surface area contributed by atoms with Crippen LogP contribution in [0.15, 0.2) is 23.1 Å². The molecular formula is C17H28N2O5S. The number of nitrogens with one attached hydrogen (secondary N) is 1. The molecule has 0 aliphatic carbocycles. The molecule has 0 aliphatic rings. The van der Waals surface area contributed by atoms with Crippen molar-refractivity contribution in [1.29, 1.82) is 0 Å². The number of nitrogens with zero attached hydrogens (tertiary/aromatic N) is 1. The molecule has 0 fully saturated rings. The maximum Gasteiger partial charge on any atom is 0.221 e. The van der Waals surface area contributed by atoms with Gasteiger partial charge in [0, 0.05) is 24.6 Å². The summed E-state index contributed by atoms with van der Waals surface area (Å²) in [4.78, 5) is 14.1. The molecule has 1 rings (SSSR count). The predicted molar refractivity (Wildman–Crippen MR) is 97.0 cm³/mol. The fourth-order valence-electron chi connectivity index (χ4n) is 1.92. The lowest BCUT2D eigenvalue weighted by Gasteiger charge is -2.32. The molecule has 0 saturated carbocycles. The Morgan fingerprint density at radius 3 is 2.28 bits per heavy atom. The van der Waals surface area contributed by atoms with E-state index in [0.717, 1.165) is 0 Å². The molecule has 25 heavy (non-hydrogen) atoms. The van der Waals surface area contributed by atoms with E-state index in [0.29, 0.717) is 18.0 Å². The van der Waals surface area contributed by atoms with Crippen LogP contribution < -0.4 is 14.8 Å². The summed E-state index contributed by atoms with van der Waals surface area (Å²) in [7, 11) is 3.18. The molecule has 0 aliphatic heterocycles. The van der Waals surface area contributed by atoms with Crippen LogP contribution in [-0.4, -0.2) is 65.4 Å². The number of rotatable bonds is 9. The number of sulfone groups is 1. The predicted octanol–water partition coefficient (Wildman–Crippen LogP) is 1.32. The second-order valence-electron chi connectivity index (χ2n) is 6.57. The van der Waals surface area contributed by atoms with Crippen LogP contribution >= 0.6 is 0 Å². The Morgan fingerprint density at radius 1 is 1.16 bits per heavy atom. The highest BCUT2D eigenvalue weighted by molar-refractivity contribution is 7.91. The Morgan fingerprint density at radius 2 is 1.76 bits per heavy atom. The highest BCUT2D eigenvalue weighted by Crippen LogP contribution is 2.29. The molecule has 0 aromatic heterocycles. The summed E-state index contributed by atoms with van der Waals surface area (Å²) in [5.74, 6) is 0.223. The third kappa shape index (κ3) is 5.89. The maximum atomic E-state index is 12.4. The average Bonchev–Trinajstić information content (AvgIpc) is 2.57. The molecule has 1 aromatic rings. The van der Waals surface area contributed by atoms with E-state index in [1.54, 1.807) is 0 Å². The quantitative estimate of drug-likeness (QED) is 0.704. The normalized spacial score (nSPS) is 12.1. The number of ether oxygens (including phenoxy) is 2. The van der Waals surface area contributed by atoms with Crippen molar-refractivity contribution in [1.82, 2.24) is 10.2 Å². The monoisotopic (exact) mass is 372 g/mol. The Kier molecular flexibility index (Phi) is 7.25. The van der Waals surface area contributed by atoms with Crippen molar-refractivity contribution in [3.05, 3.63) is 18.2 Å². The third-order valence-corrected chi connectivity index (χ3v) is 5.95. The number of methoxy groups -OCH3 is 2. The molecule has 0 spiro atoms. The van der Waals surface area contributed by atoms with Crippen molar-refractivity contribution >= 4 is 15.7 Å². The standard InChI is InChI=1S/C17H28N2O5S/c1-17(2,19(3)4)12-18-16(20)9-10-25(21,22)13-7-8-14(23-5)15(11-13)24-6/h7-8,11H,9-10,12H2,1-6H3,(H,18,20). The molecule has 0 unspecified atom stereocenters. The van der Waals surface area contributed by atoms with Gasteiger partial charge in [0.1, 0.15) is 0 Å². The van der Waals surface area contributed by atoms with Crippen molar-refractivity contribution in [3.8, 4) is 11.5 Å². The third-order valence-electron chi connectivity index (χ3n) is 4.24. The first kappa shape index (κ1) is 21.2. The first-order valence-corrected chi connectivity index (χ1v) is 9.57. The van der Waals surface area contributed by atoms with E-state index in [4.69, 9.17) is 9.47 Å². The van der Waals surface area contributed by atoms with Gasteiger partial charge in [-0.15, -0.1) is 0 Å². The lowest BCUT2D eigenvalue weighted by Crippen LogP contribution is -2.48. The summed E-state index contributed by atoms with van der Waals surface area (Å²) >= 11 is 0. The Bertz CT molecular complexity index is 699. The highest BCUT2D eigenvalue weighted by Gasteiger charge is 2.22. The van der Waals surface area contributed by atoms with Gasteiger partial charge >= 0.3 is 0 Å². The lowest BCUT2D eigenvalue weighted by molar-refractivity contribution is -0.121. The van der Waals surface area contributed by atoms with Gasteiger partial charge in [-0.3, -0.25) is 4.79 Å². The van der Waals surface area contributed by atoms with Crippen LogP contribution in [-0.2, 0) is 14.6 Å². The Hall–Kier alpha value is -1.80. The minimum absolute atomic E-state index is 0.0970. The van der Waals surface area contributed by atoms with Crippen LogP contribution in [0, 0.1) is 0 Å². The average molecular weight is 372 g/mol. The van der Waals surface area contributed by atoms with E-state index in [-0.39, 0.29) is 28.5 Å². The van der Waals surface area contributed by atoms with Gasteiger partial charge in [-0.2, -0.15) is 0 Å². The summed E-state index contributed by atoms with van der Waals surface area (Å²) in [5, 5.41) is 2.78. The second-order valence-corrected chi connectivity index (χ2v) is 8.68. The number of hydrogen-bond acceptors (Lipinski definition) is 6. The Labute approximate surface area is 150 Å². The van der Waals surface area contributed by atoms with Gasteiger partial charge in [-0.05, 0) is 40.1 Å². The number of benzene rings is 1. The largest absolute Gasteiger partial charge is 0.493 e. The molecule has 0 saturated heterocycles. The molecule has 0 bridgehead atoms. The van der Waals surface area contributed by atoms with Gasteiger partial charge in [0.25, 0.3) is 0 Å². The fourth-order valence-corrected chi connectivity index (χ4v) is 3.17. The van der Waals surface area contributed by atoms with Crippen molar-refractivity contribution in [2.45, 2.75) is 30.7 Å². The summed E-state index contributed by atoms with van der Waals surface area (Å²) in [6.07, 6.45) is -0.0970. The van der Waals surface area contributed by atoms with E-state index >= 15 is 0 Å². The zero-order chi connectivity index (χ0) is 19.3. The smallest absolute Gasteiger partial charge is 0.221 e. The van der Waals surface area contributed by atoms with Crippen LogP contribution in [0.1, 0.15) is 20.3 Å². The van der Waals surface area contributed by atoms with Gasteiger partial charge in [0.2, 0.25) is 5.91 Å². The molecular weight excluding hydrogens is 344 g/mol. The van der Waals surface area contributed by atoms with E-state index in [9.17, 15) is 13.2 Å². The van der Waals surface area contributed by atoms with Crippen LogP contribution in [0.5, 0.6) is 11.5 Å². The first-order valence-electron chi connectivity index (χ1n) is 7.92. The van der Waals surface area contributed by atoms with Gasteiger partial charge in [-0.1, -0.05) is 0 Å². The van der Waals surface area contributed by atoms with Gasteiger partial charge in [0.05, 0.1) is 24.9 Å². The van der Waals surface area contributed by atoms with Crippen molar-refractivity contribution in [2.24, 2.45) is 0 Å². The SMILES string of the molecule is COc1ccc(S(=O)(=O)CCC(=O)NCC(C)(C)N(C)C)cc1OC. The molecule has 1 aromatic carbocycles. The molecule has 7 nitrogen and oxygen atoms in total. The minimum Gasteiger partial charge on any atom is -0.493 e. The van der Waals surface area contributed by atoms with Crippen LogP contribution in [0.4, 0.5) is 0 Å². The van der Waals surface area contributed by atoms with E-state index in [1.165, 1.54) is 32.4 Å². The molecule has 0 heterocycles. The lowest BCUT2D eigenvalue weighted by atomic mass is 10.0. The molecule has 1 N–H and O–H groups in total. The van der Waals surface area contributed by atoms with Gasteiger partial charge < -0.3 is 19.7 Å². The van der Waals surface area contributed by atoms with Crippen molar-refractivity contribution in [2.75, 3.05) is 40.6 Å². The topological polar surface area (TPSA) is 84.9 Å². The number of likely N-dealkylation sites (N-methyl/N-ethyl adjacent to an activating group) is 1. The van der Waals surface area contributed by atoms with E-state index in [2.05, 4.69) is 5.32 Å². The fraction of sp³-hybridized carbons (Fsp3) is 0.588. The van der Waals surface area contributed by atoms with Crippen LogP contribution in [0.3, 0.4) is 0 Å². The molecule has 1 amide bonds. The van der Waals surface area contributed by atoms with Crippen molar-refractivity contribution in [3.63, 3.8) is 0 Å². The van der Waals surface area contributed by atoms with E-state index in [1.807, 2.05) is 32.8 Å². The summed E-state index contributed by atoms with van der Waals surface area (Å²) in [5.41, 5.74) is -0.210. The van der Waals surface area contributed by atoms with Gasteiger partial charge in [0.15, 0.2) is 21.3 Å². The maximum absolute atomic E-state index is 12.4. The summed E-state index contributed by atoms with van der Waals surface area (Å²) in [6, 6.07) is 4.39. The van der Waals surface area contributed by atoms with Crippen LogP contribution in [0.2, 0.25) is 0 Å². The molecule has 0 atom stereocenters. The number of carbonyl (C=O) groups excluding carboxylic acids is 1. The van der Waals surface area contributed by atoms with Crippen molar-refractivity contribution < 1.29 is 22.7 Å². The number of carbonyl (C=O) groups is 1. The summed E-state index contributed by atoms with van der Waals surface area (Å²) in [6.45, 7) is 4.43. The molecule has 0 radical (unpaired) electrons. The molecule has 142 valence electrons. The zero-order valence-electron chi connectivity index (χ0n) is 15.8. The van der Waals surface area contributed by atoms with Crippen LogP contribution in [0.25, 0.3) is 0 Å². The number of hydrogen-bond donors (Lipinski definition) is 1.